The monoisotopic (exact) mass is 354 g/mol. The molecule has 0 fully saturated rings. The lowest BCUT2D eigenvalue weighted by atomic mass is 10.2. The van der Waals surface area contributed by atoms with Gasteiger partial charge in [0.25, 0.3) is 5.91 Å². The number of amides is 2. The average molecular weight is 355 g/mol. The normalized spacial score (nSPS) is 13.4. The molecule has 2 amide bonds. The molecule has 2 rings (SSSR count). The fraction of sp³-hybridized carbons (Fsp3) is 0.529. The van der Waals surface area contributed by atoms with Gasteiger partial charge in [-0.25, -0.2) is 0 Å². The van der Waals surface area contributed by atoms with Crippen molar-refractivity contribution in [2.45, 2.75) is 26.2 Å². The van der Waals surface area contributed by atoms with E-state index in [-0.39, 0.29) is 25.0 Å². The van der Waals surface area contributed by atoms with Crippen molar-refractivity contribution in [1.82, 2.24) is 5.32 Å². The maximum Gasteiger partial charge on any atom is 0.265 e. The van der Waals surface area contributed by atoms with Crippen LogP contribution in [0.5, 0.6) is 5.75 Å². The third-order valence-electron chi connectivity index (χ3n) is 3.60. The molecule has 1 N–H and O–H groups in total. The summed E-state index contributed by atoms with van der Waals surface area (Å²) in [6.45, 7) is 3.88. The number of nitrogens with zero attached hydrogens (tertiary/aromatic N) is 1. The van der Waals surface area contributed by atoms with Crippen LogP contribution in [0.1, 0.15) is 26.2 Å². The van der Waals surface area contributed by atoms with Crippen molar-refractivity contribution in [2.75, 3.05) is 37.8 Å². The van der Waals surface area contributed by atoms with E-state index in [1.807, 2.05) is 0 Å². The van der Waals surface area contributed by atoms with E-state index in [2.05, 4.69) is 12.2 Å². The van der Waals surface area contributed by atoms with Crippen molar-refractivity contribution in [3.8, 4) is 5.75 Å². The van der Waals surface area contributed by atoms with Gasteiger partial charge in [0.05, 0.1) is 5.69 Å². The largest absolute Gasteiger partial charge is 0.482 e. The minimum Gasteiger partial charge on any atom is -0.482 e. The average Bonchev–Trinajstić information content (AvgIpc) is 2.57. The second-order valence-corrected chi connectivity index (χ2v) is 5.99. The SMILES string of the molecule is CCCCOCCCNC(=O)CN1C(=O)COc2ccc(Cl)cc21. The maximum absolute atomic E-state index is 12.1. The van der Waals surface area contributed by atoms with Gasteiger partial charge in [0.1, 0.15) is 12.3 Å². The molecule has 1 heterocycles. The Hall–Kier alpha value is -1.79. The molecule has 1 aliphatic heterocycles. The predicted molar refractivity (Wildman–Crippen MR) is 92.7 cm³/mol. The van der Waals surface area contributed by atoms with Gasteiger partial charge in [-0.3, -0.25) is 14.5 Å². The third kappa shape index (κ3) is 5.39. The quantitative estimate of drug-likeness (QED) is 0.691. The Labute approximate surface area is 147 Å². The van der Waals surface area contributed by atoms with Crippen LogP contribution in [0.4, 0.5) is 5.69 Å². The zero-order chi connectivity index (χ0) is 17.4. The fourth-order valence-electron chi connectivity index (χ4n) is 2.30. The molecule has 24 heavy (non-hydrogen) atoms. The summed E-state index contributed by atoms with van der Waals surface area (Å²) in [6, 6.07) is 5.01. The van der Waals surface area contributed by atoms with Crippen molar-refractivity contribution in [3.63, 3.8) is 0 Å². The summed E-state index contributed by atoms with van der Waals surface area (Å²) in [7, 11) is 0. The molecular formula is C17H23ClN2O4. The minimum atomic E-state index is -0.261. The minimum absolute atomic E-state index is 0.0494. The number of carbonyl (C=O) groups excluding carboxylic acids is 2. The zero-order valence-electron chi connectivity index (χ0n) is 13.8. The van der Waals surface area contributed by atoms with Crippen LogP contribution in [0, 0.1) is 0 Å². The van der Waals surface area contributed by atoms with Crippen molar-refractivity contribution >= 4 is 29.1 Å². The second-order valence-electron chi connectivity index (χ2n) is 5.55. The van der Waals surface area contributed by atoms with Gasteiger partial charge >= 0.3 is 0 Å². The number of hydrogen-bond donors (Lipinski definition) is 1. The van der Waals surface area contributed by atoms with Gasteiger partial charge in [0.15, 0.2) is 6.61 Å². The standard InChI is InChI=1S/C17H23ClN2O4/c1-2-3-8-23-9-4-7-19-16(21)11-20-14-10-13(18)5-6-15(14)24-12-17(20)22/h5-6,10H,2-4,7-9,11-12H2,1H3,(H,19,21). The first-order valence-corrected chi connectivity index (χ1v) is 8.56. The molecule has 0 saturated carbocycles. The van der Waals surface area contributed by atoms with Crippen LogP contribution in [0.15, 0.2) is 18.2 Å². The summed E-state index contributed by atoms with van der Waals surface area (Å²) in [5.74, 6) is 0.0728. The number of fused-ring (bicyclic) bond motifs is 1. The number of carbonyl (C=O) groups is 2. The van der Waals surface area contributed by atoms with Crippen LogP contribution >= 0.6 is 11.6 Å². The van der Waals surface area contributed by atoms with E-state index in [1.54, 1.807) is 18.2 Å². The van der Waals surface area contributed by atoms with E-state index in [1.165, 1.54) is 4.90 Å². The van der Waals surface area contributed by atoms with Crippen LogP contribution in [0.2, 0.25) is 5.02 Å². The molecule has 0 aliphatic carbocycles. The molecule has 0 saturated heterocycles. The van der Waals surface area contributed by atoms with E-state index in [0.717, 1.165) is 25.9 Å². The number of hydrogen-bond acceptors (Lipinski definition) is 4. The summed E-state index contributed by atoms with van der Waals surface area (Å²) in [4.78, 5) is 25.5. The highest BCUT2D eigenvalue weighted by Crippen LogP contribution is 2.34. The van der Waals surface area contributed by atoms with E-state index >= 15 is 0 Å². The van der Waals surface area contributed by atoms with Crippen molar-refractivity contribution in [2.24, 2.45) is 0 Å². The molecule has 0 unspecified atom stereocenters. The van der Waals surface area contributed by atoms with Gasteiger partial charge in [-0.05, 0) is 31.0 Å². The molecule has 0 bridgehead atoms. The van der Waals surface area contributed by atoms with Gasteiger partial charge in [0, 0.05) is 24.8 Å². The smallest absolute Gasteiger partial charge is 0.265 e. The number of halogens is 1. The Bertz CT molecular complexity index is 580. The summed E-state index contributed by atoms with van der Waals surface area (Å²) in [6.07, 6.45) is 2.90. The molecule has 0 radical (unpaired) electrons. The van der Waals surface area contributed by atoms with Gasteiger partial charge in [-0.15, -0.1) is 0 Å². The molecule has 0 aromatic heterocycles. The van der Waals surface area contributed by atoms with Gasteiger partial charge in [-0.2, -0.15) is 0 Å². The second kappa shape index (κ2) is 9.49. The van der Waals surface area contributed by atoms with Crippen LogP contribution in [0.25, 0.3) is 0 Å². The first-order chi connectivity index (χ1) is 11.6. The van der Waals surface area contributed by atoms with Crippen molar-refractivity contribution in [3.05, 3.63) is 23.2 Å². The van der Waals surface area contributed by atoms with E-state index in [9.17, 15) is 9.59 Å². The summed E-state index contributed by atoms with van der Waals surface area (Å²) in [5.41, 5.74) is 0.525. The van der Waals surface area contributed by atoms with Gasteiger partial charge in [-0.1, -0.05) is 24.9 Å². The Morgan fingerprint density at radius 1 is 1.38 bits per heavy atom. The lowest BCUT2D eigenvalue weighted by molar-refractivity contribution is -0.125. The molecule has 1 aromatic rings. The molecule has 1 aromatic carbocycles. The van der Waals surface area contributed by atoms with Crippen molar-refractivity contribution in [1.29, 1.82) is 0 Å². The lowest BCUT2D eigenvalue weighted by Crippen LogP contribution is -2.45. The Morgan fingerprint density at radius 2 is 2.17 bits per heavy atom. The Morgan fingerprint density at radius 3 is 2.96 bits per heavy atom. The van der Waals surface area contributed by atoms with E-state index < -0.39 is 0 Å². The van der Waals surface area contributed by atoms with Gasteiger partial charge < -0.3 is 14.8 Å². The van der Waals surface area contributed by atoms with Gasteiger partial charge in [0.2, 0.25) is 5.91 Å². The first-order valence-electron chi connectivity index (χ1n) is 8.19. The first kappa shape index (κ1) is 18.5. The molecule has 6 nitrogen and oxygen atoms in total. The van der Waals surface area contributed by atoms with Crippen LogP contribution < -0.4 is 15.0 Å². The van der Waals surface area contributed by atoms with E-state index in [0.29, 0.717) is 29.6 Å². The maximum atomic E-state index is 12.1. The number of nitrogens with one attached hydrogen (secondary N) is 1. The van der Waals surface area contributed by atoms with E-state index in [4.69, 9.17) is 21.1 Å². The molecule has 132 valence electrons. The van der Waals surface area contributed by atoms with Crippen LogP contribution in [-0.4, -0.2) is 44.7 Å². The Kier molecular flexibility index (Phi) is 7.34. The summed E-state index contributed by atoms with van der Waals surface area (Å²) >= 11 is 5.97. The van der Waals surface area contributed by atoms with Crippen LogP contribution in [0.3, 0.4) is 0 Å². The summed E-state index contributed by atoms with van der Waals surface area (Å²) in [5, 5.41) is 3.29. The molecular weight excluding hydrogens is 332 g/mol. The van der Waals surface area contributed by atoms with Crippen LogP contribution in [-0.2, 0) is 14.3 Å². The number of unbranched alkanes of at least 4 members (excludes halogenated alkanes) is 1. The lowest BCUT2D eigenvalue weighted by Gasteiger charge is -2.29. The number of ether oxygens (including phenoxy) is 2. The predicted octanol–water partition coefficient (Wildman–Crippen LogP) is 2.39. The highest BCUT2D eigenvalue weighted by Gasteiger charge is 2.27. The Balaban J connectivity index is 1.79. The number of anilines is 1. The fourth-order valence-corrected chi connectivity index (χ4v) is 2.46. The van der Waals surface area contributed by atoms with Crippen molar-refractivity contribution < 1.29 is 19.1 Å². The molecule has 0 spiro atoms. The zero-order valence-corrected chi connectivity index (χ0v) is 14.6. The summed E-state index contributed by atoms with van der Waals surface area (Å²) < 4.78 is 10.8. The molecule has 0 atom stereocenters. The third-order valence-corrected chi connectivity index (χ3v) is 3.83. The number of rotatable bonds is 9. The molecule has 7 heteroatoms. The highest BCUT2D eigenvalue weighted by molar-refractivity contribution is 6.31. The highest BCUT2D eigenvalue weighted by atomic mass is 35.5. The number of benzene rings is 1. The topological polar surface area (TPSA) is 67.9 Å². The molecule has 1 aliphatic rings.